The lowest BCUT2D eigenvalue weighted by Crippen LogP contribution is -2.08. The van der Waals surface area contributed by atoms with E-state index in [-0.39, 0.29) is 0 Å². The highest BCUT2D eigenvalue weighted by Crippen LogP contribution is 3.02. The van der Waals surface area contributed by atoms with Gasteiger partial charge in [-0.1, -0.05) is 37.6 Å². The van der Waals surface area contributed by atoms with E-state index in [1.165, 1.54) is 24.3 Å². The molecule has 0 saturated heterocycles. The molecule has 0 amide bonds. The molecular formula is C18H13F6S2+. The van der Waals surface area contributed by atoms with Gasteiger partial charge in [-0.25, -0.2) is 4.39 Å². The van der Waals surface area contributed by atoms with Gasteiger partial charge in [-0.2, -0.15) is 0 Å². The second kappa shape index (κ2) is 5.72. The van der Waals surface area contributed by atoms with Gasteiger partial charge in [-0.05, 0) is 60.7 Å². The third-order valence-corrected chi connectivity index (χ3v) is 6.93. The van der Waals surface area contributed by atoms with Crippen molar-refractivity contribution in [2.75, 3.05) is 0 Å². The first kappa shape index (κ1) is 18.7. The van der Waals surface area contributed by atoms with Crippen molar-refractivity contribution < 1.29 is 23.8 Å². The smallest absolute Gasteiger partial charge is 0.207 e. The van der Waals surface area contributed by atoms with E-state index in [2.05, 4.69) is 0 Å². The second-order valence-electron chi connectivity index (χ2n) is 5.51. The maximum atomic E-state index is 13.2. The first-order valence-electron chi connectivity index (χ1n) is 7.33. The lowest BCUT2D eigenvalue weighted by molar-refractivity contribution is 0.364. The standard InChI is InChI=1S/C18H13F6S2/c19-14-6-8-16(9-7-14)25(15-4-2-1-3-5-15)17-10-12-18(13-11-17)26(20,21,22,23)24/h1-13H/q+1. The van der Waals surface area contributed by atoms with Gasteiger partial charge < -0.3 is 0 Å². The molecule has 0 saturated carbocycles. The lowest BCUT2D eigenvalue weighted by atomic mass is 10.3. The minimum Gasteiger partial charge on any atom is -0.207 e. The Hall–Kier alpha value is -2.06. The van der Waals surface area contributed by atoms with Gasteiger partial charge >= 0.3 is 10.2 Å². The average molecular weight is 407 g/mol. The Labute approximate surface area is 149 Å². The van der Waals surface area contributed by atoms with E-state index in [0.717, 1.165) is 17.0 Å². The Balaban J connectivity index is 2.10. The van der Waals surface area contributed by atoms with E-state index < -0.39 is 31.8 Å². The quantitative estimate of drug-likeness (QED) is 0.309. The summed E-state index contributed by atoms with van der Waals surface area (Å²) >= 11 is 0. The number of hydrogen-bond donors (Lipinski definition) is 0. The Kier molecular flexibility index (Phi) is 4.12. The Morgan fingerprint density at radius 1 is 0.538 bits per heavy atom. The van der Waals surface area contributed by atoms with Crippen molar-refractivity contribution in [3.8, 4) is 0 Å². The minimum absolute atomic E-state index is 0.406. The molecule has 0 spiro atoms. The van der Waals surface area contributed by atoms with E-state index in [9.17, 15) is 23.8 Å². The molecule has 1 atom stereocenters. The molecule has 0 N–H and O–H groups in total. The molecule has 3 rings (SSSR count). The molecule has 0 bridgehead atoms. The Morgan fingerprint density at radius 3 is 1.42 bits per heavy atom. The van der Waals surface area contributed by atoms with Gasteiger partial charge in [0, 0.05) is 0 Å². The van der Waals surface area contributed by atoms with E-state index in [1.807, 2.05) is 0 Å². The van der Waals surface area contributed by atoms with Crippen LogP contribution in [0.2, 0.25) is 0 Å². The van der Waals surface area contributed by atoms with Gasteiger partial charge in [0.15, 0.2) is 14.7 Å². The maximum Gasteiger partial charge on any atom is 0.310 e. The van der Waals surface area contributed by atoms with E-state index in [4.69, 9.17) is 0 Å². The SMILES string of the molecule is Fc1ccc([S+](c2ccccc2)c2ccc(S(F)(F)(F)(F)F)cc2)cc1. The molecule has 3 aromatic rings. The van der Waals surface area contributed by atoms with Gasteiger partial charge in [-0.3, -0.25) is 0 Å². The summed E-state index contributed by atoms with van der Waals surface area (Å²) in [7, 11) is -10.6. The van der Waals surface area contributed by atoms with Crippen LogP contribution in [0.5, 0.6) is 0 Å². The Morgan fingerprint density at radius 2 is 0.962 bits per heavy atom. The van der Waals surface area contributed by atoms with Gasteiger partial charge in [0.1, 0.15) is 10.7 Å². The monoisotopic (exact) mass is 407 g/mol. The topological polar surface area (TPSA) is 0 Å². The first-order chi connectivity index (χ1) is 11.9. The molecule has 8 heteroatoms. The fraction of sp³-hybridized carbons (Fsp3) is 0. The van der Waals surface area contributed by atoms with Crippen LogP contribution in [0.3, 0.4) is 0 Å². The van der Waals surface area contributed by atoms with Crippen molar-refractivity contribution >= 4 is 21.1 Å². The van der Waals surface area contributed by atoms with Crippen LogP contribution in [-0.4, -0.2) is 0 Å². The first-order valence-corrected chi connectivity index (χ1v) is 10.5. The van der Waals surface area contributed by atoms with Gasteiger partial charge in [-0.15, -0.1) is 0 Å². The summed E-state index contributed by atoms with van der Waals surface area (Å²) in [6, 6.07) is 17.4. The molecule has 0 aliphatic carbocycles. The van der Waals surface area contributed by atoms with Crippen LogP contribution in [0, 0.1) is 5.82 Å². The summed E-state index contributed by atoms with van der Waals surface area (Å²) in [4.78, 5) is -0.0604. The van der Waals surface area contributed by atoms with Gasteiger partial charge in [0.25, 0.3) is 0 Å². The minimum atomic E-state index is -9.71. The molecule has 26 heavy (non-hydrogen) atoms. The zero-order chi connectivity index (χ0) is 19.1. The van der Waals surface area contributed by atoms with Gasteiger partial charge in [0.2, 0.25) is 0 Å². The predicted octanol–water partition coefficient (Wildman–Crippen LogP) is 7.58. The molecule has 0 heterocycles. The molecule has 0 aromatic heterocycles. The van der Waals surface area contributed by atoms with Crippen molar-refractivity contribution in [3.63, 3.8) is 0 Å². The molecule has 0 nitrogen and oxygen atoms in total. The number of benzene rings is 3. The summed E-state index contributed by atoms with van der Waals surface area (Å²) in [6.45, 7) is 0. The van der Waals surface area contributed by atoms with Crippen LogP contribution in [0.1, 0.15) is 0 Å². The highest BCUT2D eigenvalue weighted by molar-refractivity contribution is 8.45. The van der Waals surface area contributed by atoms with E-state index >= 15 is 0 Å². The van der Waals surface area contributed by atoms with Crippen molar-refractivity contribution in [1.29, 1.82) is 0 Å². The number of rotatable bonds is 4. The molecule has 0 aliphatic heterocycles. The molecule has 0 radical (unpaired) electrons. The normalized spacial score (nSPS) is 15.8. The van der Waals surface area contributed by atoms with Crippen LogP contribution in [0.25, 0.3) is 0 Å². The molecular weight excluding hydrogens is 394 g/mol. The summed E-state index contributed by atoms with van der Waals surface area (Å²) in [5.74, 6) is -0.443. The van der Waals surface area contributed by atoms with Crippen LogP contribution >= 0.6 is 10.2 Å². The third kappa shape index (κ3) is 4.19. The second-order valence-corrected chi connectivity index (χ2v) is 9.95. The van der Waals surface area contributed by atoms with Crippen LogP contribution < -0.4 is 0 Å². The molecule has 1 unspecified atom stereocenters. The van der Waals surface area contributed by atoms with Crippen LogP contribution in [0.15, 0.2) is 98.4 Å². The summed E-state index contributed by atoms with van der Waals surface area (Å²) < 4.78 is 77.9. The molecule has 3 aromatic carbocycles. The van der Waals surface area contributed by atoms with Crippen molar-refractivity contribution in [3.05, 3.63) is 84.7 Å². The zero-order valence-corrected chi connectivity index (χ0v) is 14.7. The van der Waals surface area contributed by atoms with E-state index in [1.54, 1.807) is 30.3 Å². The maximum absolute atomic E-state index is 13.2. The van der Waals surface area contributed by atoms with Crippen LogP contribution in [0.4, 0.5) is 23.8 Å². The number of hydrogen-bond acceptors (Lipinski definition) is 0. The highest BCUT2D eigenvalue weighted by Gasteiger charge is 2.65. The van der Waals surface area contributed by atoms with E-state index in [0.29, 0.717) is 21.9 Å². The summed E-state index contributed by atoms with van der Waals surface area (Å²) in [5.41, 5.74) is 0. The zero-order valence-electron chi connectivity index (χ0n) is 13.1. The predicted molar refractivity (Wildman–Crippen MR) is 92.8 cm³/mol. The van der Waals surface area contributed by atoms with Crippen molar-refractivity contribution in [2.24, 2.45) is 0 Å². The van der Waals surface area contributed by atoms with Crippen molar-refractivity contribution in [2.45, 2.75) is 19.6 Å². The number of halogens is 6. The molecule has 138 valence electrons. The van der Waals surface area contributed by atoms with Crippen molar-refractivity contribution in [1.82, 2.24) is 0 Å². The largest absolute Gasteiger partial charge is 0.310 e. The molecule has 0 aliphatic rings. The summed E-state index contributed by atoms with van der Waals surface area (Å²) in [6.07, 6.45) is 0. The highest BCUT2D eigenvalue weighted by atomic mass is 32.5. The summed E-state index contributed by atoms with van der Waals surface area (Å²) in [5, 5.41) is 0. The van der Waals surface area contributed by atoms with Gasteiger partial charge in [0.05, 0.1) is 10.9 Å². The molecule has 0 fully saturated rings. The average Bonchev–Trinajstić information content (AvgIpc) is 2.56. The lowest BCUT2D eigenvalue weighted by Gasteiger charge is -2.40. The fourth-order valence-corrected chi connectivity index (χ4v) is 5.08. The third-order valence-electron chi connectivity index (χ3n) is 3.53. The fourth-order valence-electron chi connectivity index (χ4n) is 2.37. The Bertz CT molecular complexity index is 905. The van der Waals surface area contributed by atoms with Crippen LogP contribution in [-0.2, 0) is 10.9 Å².